The van der Waals surface area contributed by atoms with Crippen LogP contribution in [0.2, 0.25) is 5.02 Å². The van der Waals surface area contributed by atoms with Crippen molar-refractivity contribution in [2.45, 2.75) is 40.2 Å². The molecule has 0 saturated heterocycles. The molecule has 1 N–H and O–H groups in total. The molecule has 0 atom stereocenters. The van der Waals surface area contributed by atoms with Crippen molar-refractivity contribution in [2.75, 3.05) is 7.11 Å². The number of aromatic carboxylic acids is 1. The Morgan fingerprint density at radius 2 is 1.87 bits per heavy atom. The summed E-state index contributed by atoms with van der Waals surface area (Å²) >= 11 is 5.84. The molecule has 0 fully saturated rings. The minimum absolute atomic E-state index is 0.00811. The van der Waals surface area contributed by atoms with Gasteiger partial charge in [-0.05, 0) is 30.2 Å². The average molecular weight is 434 g/mol. The molecule has 30 heavy (non-hydrogen) atoms. The van der Waals surface area contributed by atoms with Gasteiger partial charge in [-0.3, -0.25) is 4.79 Å². The van der Waals surface area contributed by atoms with Gasteiger partial charge in [0, 0.05) is 30.6 Å². The number of aromatic nitrogens is 1. The van der Waals surface area contributed by atoms with Crippen molar-refractivity contribution < 1.29 is 19.0 Å². The van der Waals surface area contributed by atoms with Crippen molar-refractivity contribution in [3.05, 3.63) is 74.3 Å². The largest absolute Gasteiger partial charge is 0.496 e. The van der Waals surface area contributed by atoms with Gasteiger partial charge in [-0.2, -0.15) is 0 Å². The molecular weight excluding hydrogens is 409 g/mol. The number of fused-ring (bicyclic) bond motifs is 1. The van der Waals surface area contributed by atoms with Gasteiger partial charge in [0.25, 0.3) is 0 Å². The summed E-state index contributed by atoms with van der Waals surface area (Å²) in [6.45, 7) is 6.57. The fourth-order valence-corrected chi connectivity index (χ4v) is 3.29. The molecule has 0 unspecified atom stereocenters. The molecule has 160 valence electrons. The van der Waals surface area contributed by atoms with E-state index in [9.17, 15) is 19.1 Å². The predicted molar refractivity (Wildman–Crippen MR) is 118 cm³/mol. The summed E-state index contributed by atoms with van der Waals surface area (Å²) in [7, 11) is 1.49. The van der Waals surface area contributed by atoms with E-state index in [0.29, 0.717) is 28.9 Å². The standard InChI is InChI=1S/C20H17ClFNO4.C3H8/c1-3-23-10-14(20(25)26)19(24)13-8-12(17(27-2)9-16(13)23)7-11-5-4-6-15(21)18(11)22;1-3-2/h4-6,8-10H,3,7H2,1-2H3,(H,25,26);3H2,1-2H3. The molecule has 0 aliphatic carbocycles. The van der Waals surface area contributed by atoms with Gasteiger partial charge in [-0.1, -0.05) is 44.0 Å². The molecule has 3 aromatic rings. The van der Waals surface area contributed by atoms with Crippen LogP contribution >= 0.6 is 11.6 Å². The highest BCUT2D eigenvalue weighted by Crippen LogP contribution is 2.29. The summed E-state index contributed by atoms with van der Waals surface area (Å²) in [6, 6.07) is 7.93. The Kier molecular flexibility index (Phi) is 8.00. The maximum absolute atomic E-state index is 14.3. The number of halogens is 2. The first kappa shape index (κ1) is 23.4. The van der Waals surface area contributed by atoms with E-state index in [-0.39, 0.29) is 22.4 Å². The highest BCUT2D eigenvalue weighted by Gasteiger charge is 2.18. The first-order valence-electron chi connectivity index (χ1n) is 9.69. The lowest BCUT2D eigenvalue weighted by molar-refractivity contribution is 0.0695. The van der Waals surface area contributed by atoms with Crippen LogP contribution < -0.4 is 10.2 Å². The van der Waals surface area contributed by atoms with E-state index in [0.717, 1.165) is 0 Å². The zero-order chi connectivity index (χ0) is 22.4. The summed E-state index contributed by atoms with van der Waals surface area (Å²) in [5, 5.41) is 9.57. The third kappa shape index (κ3) is 4.82. The van der Waals surface area contributed by atoms with Gasteiger partial charge in [0.15, 0.2) is 0 Å². The lowest BCUT2D eigenvalue weighted by Gasteiger charge is -2.15. The number of hydrogen-bond donors (Lipinski definition) is 1. The van der Waals surface area contributed by atoms with Gasteiger partial charge in [-0.25, -0.2) is 9.18 Å². The quantitative estimate of drug-likeness (QED) is 0.574. The van der Waals surface area contributed by atoms with Gasteiger partial charge in [0.05, 0.1) is 17.6 Å². The van der Waals surface area contributed by atoms with Gasteiger partial charge in [-0.15, -0.1) is 0 Å². The van der Waals surface area contributed by atoms with Crippen molar-refractivity contribution in [1.29, 1.82) is 0 Å². The van der Waals surface area contributed by atoms with Crippen molar-refractivity contribution in [3.63, 3.8) is 0 Å². The van der Waals surface area contributed by atoms with Gasteiger partial charge in [0.2, 0.25) is 5.43 Å². The van der Waals surface area contributed by atoms with Crippen LogP contribution in [0, 0.1) is 5.82 Å². The molecular formula is C23H25ClFNO4. The highest BCUT2D eigenvalue weighted by atomic mass is 35.5. The summed E-state index contributed by atoms with van der Waals surface area (Å²) in [5.74, 6) is -1.35. The van der Waals surface area contributed by atoms with Crippen molar-refractivity contribution in [2.24, 2.45) is 0 Å². The molecule has 0 saturated carbocycles. The number of carbonyl (C=O) groups is 1. The Balaban J connectivity index is 0.00000101. The van der Waals surface area contributed by atoms with Gasteiger partial charge in [0.1, 0.15) is 17.1 Å². The SMILES string of the molecule is CCC.CCn1cc(C(=O)O)c(=O)c2cc(Cc3cccc(Cl)c3F)c(OC)cc21. The maximum atomic E-state index is 14.3. The number of ether oxygens (including phenoxy) is 1. The Hall–Kier alpha value is -2.86. The Morgan fingerprint density at radius 1 is 1.20 bits per heavy atom. The second-order valence-electron chi connectivity index (χ2n) is 6.74. The highest BCUT2D eigenvalue weighted by molar-refractivity contribution is 6.30. The topological polar surface area (TPSA) is 68.5 Å². The first-order chi connectivity index (χ1) is 14.3. The fourth-order valence-electron chi connectivity index (χ4n) is 3.09. The number of methoxy groups -OCH3 is 1. The summed E-state index contributed by atoms with van der Waals surface area (Å²) in [5.41, 5.74) is 0.575. The number of carboxylic acid groups (broad SMARTS) is 1. The summed E-state index contributed by atoms with van der Waals surface area (Å²) < 4.78 is 21.4. The second kappa shape index (κ2) is 10.3. The number of nitrogens with zero attached hydrogens (tertiary/aromatic N) is 1. The van der Waals surface area contributed by atoms with Crippen LogP contribution in [-0.4, -0.2) is 22.8 Å². The number of hydrogen-bond acceptors (Lipinski definition) is 3. The molecule has 0 aliphatic heterocycles. The van der Waals surface area contributed by atoms with E-state index < -0.39 is 17.2 Å². The van der Waals surface area contributed by atoms with Crippen molar-refractivity contribution >= 4 is 28.5 Å². The lowest BCUT2D eigenvalue weighted by Crippen LogP contribution is -2.19. The molecule has 0 aliphatic rings. The summed E-state index contributed by atoms with van der Waals surface area (Å²) in [6.07, 6.45) is 2.72. The summed E-state index contributed by atoms with van der Waals surface area (Å²) in [4.78, 5) is 24.0. The number of benzene rings is 2. The third-order valence-electron chi connectivity index (χ3n) is 4.47. The monoisotopic (exact) mass is 433 g/mol. The Labute approximate surface area is 179 Å². The number of aryl methyl sites for hydroxylation is 1. The Bertz CT molecular complexity index is 1120. The molecule has 0 radical (unpaired) electrons. The first-order valence-corrected chi connectivity index (χ1v) is 10.1. The third-order valence-corrected chi connectivity index (χ3v) is 4.76. The normalized spacial score (nSPS) is 10.5. The zero-order valence-corrected chi connectivity index (χ0v) is 18.2. The van der Waals surface area contributed by atoms with Crippen LogP contribution in [0.5, 0.6) is 5.75 Å². The van der Waals surface area contributed by atoms with Crippen LogP contribution in [0.25, 0.3) is 10.9 Å². The van der Waals surface area contributed by atoms with E-state index in [4.69, 9.17) is 16.3 Å². The number of pyridine rings is 1. The van der Waals surface area contributed by atoms with E-state index in [1.807, 2.05) is 6.92 Å². The van der Waals surface area contributed by atoms with Crippen LogP contribution in [0.15, 0.2) is 41.3 Å². The molecule has 0 amide bonds. The van der Waals surface area contributed by atoms with E-state index in [1.165, 1.54) is 25.8 Å². The lowest BCUT2D eigenvalue weighted by atomic mass is 10.00. The molecule has 0 bridgehead atoms. The minimum atomic E-state index is -1.29. The molecule has 5 nitrogen and oxygen atoms in total. The molecule has 7 heteroatoms. The fraction of sp³-hybridized carbons (Fsp3) is 0.304. The van der Waals surface area contributed by atoms with Crippen LogP contribution in [0.4, 0.5) is 4.39 Å². The molecule has 0 spiro atoms. The van der Waals surface area contributed by atoms with E-state index in [2.05, 4.69) is 13.8 Å². The van der Waals surface area contributed by atoms with Crippen LogP contribution in [0.3, 0.4) is 0 Å². The van der Waals surface area contributed by atoms with Crippen molar-refractivity contribution in [1.82, 2.24) is 4.57 Å². The smallest absolute Gasteiger partial charge is 0.341 e. The number of rotatable bonds is 5. The Morgan fingerprint density at radius 3 is 2.43 bits per heavy atom. The second-order valence-corrected chi connectivity index (χ2v) is 7.15. The van der Waals surface area contributed by atoms with Crippen LogP contribution in [-0.2, 0) is 13.0 Å². The molecule has 3 rings (SSSR count). The predicted octanol–water partition coefficient (Wildman–Crippen LogP) is 5.53. The zero-order valence-electron chi connectivity index (χ0n) is 17.5. The molecule has 2 aromatic carbocycles. The maximum Gasteiger partial charge on any atom is 0.341 e. The molecule has 1 heterocycles. The van der Waals surface area contributed by atoms with Crippen molar-refractivity contribution in [3.8, 4) is 5.75 Å². The van der Waals surface area contributed by atoms with Gasteiger partial charge < -0.3 is 14.4 Å². The average Bonchev–Trinajstić information content (AvgIpc) is 2.72. The van der Waals surface area contributed by atoms with E-state index in [1.54, 1.807) is 28.8 Å². The van der Waals surface area contributed by atoms with E-state index >= 15 is 0 Å². The van der Waals surface area contributed by atoms with Crippen LogP contribution in [0.1, 0.15) is 48.7 Å². The molecule has 1 aromatic heterocycles. The minimum Gasteiger partial charge on any atom is -0.496 e. The number of carboxylic acids is 1. The van der Waals surface area contributed by atoms with Gasteiger partial charge >= 0.3 is 5.97 Å².